The summed E-state index contributed by atoms with van der Waals surface area (Å²) in [5, 5.41) is 13.9. The Hall–Kier alpha value is -0.800. The zero-order chi connectivity index (χ0) is 11.8. The van der Waals surface area contributed by atoms with E-state index in [1.54, 1.807) is 0 Å². The minimum absolute atomic E-state index is 0.399. The van der Waals surface area contributed by atoms with E-state index >= 15 is 0 Å². The fourth-order valence-corrected chi connectivity index (χ4v) is 2.03. The number of aromatic hydroxyl groups is 1. The number of hydrogen-bond acceptors (Lipinski definition) is 4. The molecule has 0 spiro atoms. The number of alkyl halides is 2. The second-order valence-electron chi connectivity index (χ2n) is 2.53. The number of hydrogen-bond donors (Lipinski definition) is 2. The third-order valence-corrected chi connectivity index (χ3v) is 2.94. The van der Waals surface area contributed by atoms with Gasteiger partial charge in [0.2, 0.25) is 10.0 Å². The van der Waals surface area contributed by atoms with Crippen LogP contribution in [0.1, 0.15) is 12.1 Å². The summed E-state index contributed by atoms with van der Waals surface area (Å²) in [6.07, 6.45) is -2.96. The largest absolute Gasteiger partial charge is 0.504 e. The van der Waals surface area contributed by atoms with Crippen LogP contribution in [0.4, 0.5) is 8.78 Å². The van der Waals surface area contributed by atoms with E-state index in [-0.39, 0.29) is 0 Å². The highest BCUT2D eigenvalue weighted by Crippen LogP contribution is 2.32. The van der Waals surface area contributed by atoms with E-state index in [1.165, 1.54) is 0 Å². The predicted octanol–water partition coefficient (Wildman–Crippen LogP) is 1.13. The summed E-state index contributed by atoms with van der Waals surface area (Å²) in [6.45, 7) is 0. The molecule has 0 saturated heterocycles. The molecule has 84 valence electrons. The molecule has 0 unspecified atom stereocenters. The van der Waals surface area contributed by atoms with Crippen LogP contribution in [0.2, 0.25) is 0 Å². The zero-order valence-electron chi connectivity index (χ0n) is 6.99. The molecule has 5 nitrogen and oxygen atoms in total. The Labute approximate surface area is 92.1 Å². The lowest BCUT2D eigenvalue weighted by Gasteiger charge is -2.06. The number of aromatic nitrogens is 1. The fourth-order valence-electron chi connectivity index (χ4n) is 0.832. The van der Waals surface area contributed by atoms with Gasteiger partial charge in [0.25, 0.3) is 6.43 Å². The average Bonchev–Trinajstić information content (AvgIpc) is 2.06. The van der Waals surface area contributed by atoms with Crippen LogP contribution in [-0.4, -0.2) is 18.5 Å². The second kappa shape index (κ2) is 3.99. The van der Waals surface area contributed by atoms with Crippen molar-refractivity contribution in [2.75, 3.05) is 0 Å². The first-order valence-electron chi connectivity index (χ1n) is 3.44. The van der Waals surface area contributed by atoms with Gasteiger partial charge in [0.1, 0.15) is 15.2 Å². The Morgan fingerprint density at radius 1 is 1.53 bits per heavy atom. The number of pyridine rings is 1. The quantitative estimate of drug-likeness (QED) is 0.801. The Kier molecular flexibility index (Phi) is 3.26. The third kappa shape index (κ3) is 2.61. The summed E-state index contributed by atoms with van der Waals surface area (Å²) in [5.74, 6) is -0.790. The van der Waals surface area contributed by atoms with Gasteiger partial charge in [-0.1, -0.05) is 0 Å². The Balaban J connectivity index is 3.52. The van der Waals surface area contributed by atoms with Crippen LogP contribution in [0.25, 0.3) is 0 Å². The van der Waals surface area contributed by atoms with Gasteiger partial charge in [0.15, 0.2) is 5.75 Å². The van der Waals surface area contributed by atoms with Gasteiger partial charge in [0.05, 0.1) is 0 Å². The van der Waals surface area contributed by atoms with Crippen LogP contribution >= 0.6 is 15.9 Å². The Morgan fingerprint density at radius 2 is 2.07 bits per heavy atom. The SMILES string of the molecule is NS(=O)(=O)c1cc(C(F)F)nc(Br)c1O. The molecular formula is C6H5BrF2N2O3S. The van der Waals surface area contributed by atoms with Gasteiger partial charge in [-0.05, 0) is 22.0 Å². The van der Waals surface area contributed by atoms with E-state index in [9.17, 15) is 22.3 Å². The summed E-state index contributed by atoms with van der Waals surface area (Å²) in [6, 6.07) is 0.528. The van der Waals surface area contributed by atoms with Crippen molar-refractivity contribution in [3.05, 3.63) is 16.4 Å². The first-order valence-corrected chi connectivity index (χ1v) is 5.77. The summed E-state index contributed by atoms with van der Waals surface area (Å²) in [7, 11) is -4.27. The minimum Gasteiger partial charge on any atom is -0.504 e. The molecule has 0 saturated carbocycles. The van der Waals surface area contributed by atoms with Crippen LogP contribution in [0, 0.1) is 0 Å². The van der Waals surface area contributed by atoms with Crippen molar-refractivity contribution in [2.24, 2.45) is 5.14 Å². The molecule has 0 aliphatic heterocycles. The maximum Gasteiger partial charge on any atom is 0.280 e. The monoisotopic (exact) mass is 302 g/mol. The molecular weight excluding hydrogens is 298 g/mol. The highest BCUT2D eigenvalue weighted by Gasteiger charge is 2.21. The molecule has 0 bridgehead atoms. The normalized spacial score (nSPS) is 12.1. The topological polar surface area (TPSA) is 93.3 Å². The highest BCUT2D eigenvalue weighted by molar-refractivity contribution is 9.10. The summed E-state index contributed by atoms with van der Waals surface area (Å²) >= 11 is 2.64. The van der Waals surface area contributed by atoms with Crippen LogP contribution in [-0.2, 0) is 10.0 Å². The van der Waals surface area contributed by atoms with Crippen LogP contribution in [0.5, 0.6) is 5.75 Å². The average molecular weight is 303 g/mol. The number of nitrogens with zero attached hydrogens (tertiary/aromatic N) is 1. The first-order chi connectivity index (χ1) is 6.73. The van der Waals surface area contributed by atoms with E-state index in [0.29, 0.717) is 6.07 Å². The summed E-state index contributed by atoms with van der Waals surface area (Å²) < 4.78 is 45.9. The predicted molar refractivity (Wildman–Crippen MR) is 49.9 cm³/mol. The molecule has 0 fully saturated rings. The van der Waals surface area contributed by atoms with Gasteiger partial charge in [-0.15, -0.1) is 0 Å². The summed E-state index contributed by atoms with van der Waals surface area (Å²) in [5.41, 5.74) is -0.788. The Morgan fingerprint density at radius 3 is 2.47 bits per heavy atom. The van der Waals surface area contributed by atoms with Crippen molar-refractivity contribution in [3.63, 3.8) is 0 Å². The molecule has 15 heavy (non-hydrogen) atoms. The van der Waals surface area contributed by atoms with Gasteiger partial charge in [0, 0.05) is 0 Å². The molecule has 1 heterocycles. The van der Waals surface area contributed by atoms with Crippen LogP contribution in [0.3, 0.4) is 0 Å². The van der Waals surface area contributed by atoms with Gasteiger partial charge in [-0.2, -0.15) is 0 Å². The molecule has 9 heteroatoms. The van der Waals surface area contributed by atoms with E-state index in [0.717, 1.165) is 0 Å². The molecule has 0 radical (unpaired) electrons. The number of rotatable bonds is 2. The fraction of sp³-hybridized carbons (Fsp3) is 0.167. The van der Waals surface area contributed by atoms with Gasteiger partial charge in [-0.25, -0.2) is 27.3 Å². The van der Waals surface area contributed by atoms with Gasteiger partial charge in [-0.3, -0.25) is 0 Å². The van der Waals surface area contributed by atoms with E-state index in [2.05, 4.69) is 20.9 Å². The Bertz CT molecular complexity index is 491. The second-order valence-corrected chi connectivity index (χ2v) is 4.81. The lowest BCUT2D eigenvalue weighted by Crippen LogP contribution is -2.13. The summed E-state index contributed by atoms with van der Waals surface area (Å²) in [4.78, 5) is 2.45. The van der Waals surface area contributed by atoms with E-state index in [4.69, 9.17) is 5.14 Å². The van der Waals surface area contributed by atoms with Gasteiger partial charge >= 0.3 is 0 Å². The molecule has 0 aliphatic rings. The molecule has 0 aromatic carbocycles. The number of sulfonamides is 1. The van der Waals surface area contributed by atoms with Crippen molar-refractivity contribution in [1.29, 1.82) is 0 Å². The lowest BCUT2D eigenvalue weighted by molar-refractivity contribution is 0.145. The maximum absolute atomic E-state index is 12.2. The third-order valence-electron chi connectivity index (χ3n) is 1.47. The van der Waals surface area contributed by atoms with Crippen molar-refractivity contribution >= 4 is 26.0 Å². The maximum atomic E-state index is 12.2. The molecule has 0 atom stereocenters. The molecule has 1 aromatic heterocycles. The van der Waals surface area contributed by atoms with Crippen LogP contribution < -0.4 is 5.14 Å². The van der Waals surface area contributed by atoms with Crippen molar-refractivity contribution in [2.45, 2.75) is 11.3 Å². The van der Waals surface area contributed by atoms with E-state index < -0.39 is 37.4 Å². The van der Waals surface area contributed by atoms with E-state index in [1.807, 2.05) is 0 Å². The standard InChI is InChI=1S/C6H5BrF2N2O3S/c7-5-4(12)3(15(10,13)14)1-2(11-5)6(8)9/h1,6,12H,(H2,10,13,14). The number of halogens is 3. The van der Waals surface area contributed by atoms with Crippen molar-refractivity contribution < 1.29 is 22.3 Å². The first kappa shape index (κ1) is 12.3. The molecule has 1 aromatic rings. The molecule has 1 rings (SSSR count). The van der Waals surface area contributed by atoms with Gasteiger partial charge < -0.3 is 5.11 Å². The lowest BCUT2D eigenvalue weighted by atomic mass is 10.3. The number of nitrogens with two attached hydrogens (primary N) is 1. The molecule has 0 aliphatic carbocycles. The minimum atomic E-state index is -4.27. The molecule has 0 amide bonds. The number of primary sulfonamides is 1. The molecule has 3 N–H and O–H groups in total. The smallest absolute Gasteiger partial charge is 0.280 e. The zero-order valence-corrected chi connectivity index (χ0v) is 9.39. The highest BCUT2D eigenvalue weighted by atomic mass is 79.9. The van der Waals surface area contributed by atoms with Crippen LogP contribution in [0.15, 0.2) is 15.6 Å². The van der Waals surface area contributed by atoms with Crippen molar-refractivity contribution in [3.8, 4) is 5.75 Å². The van der Waals surface area contributed by atoms with Crippen molar-refractivity contribution in [1.82, 2.24) is 4.98 Å².